The number of hydrogen-bond donors (Lipinski definition) is 4. The van der Waals surface area contributed by atoms with Gasteiger partial charge in [0.05, 0.1) is 6.42 Å². The molecule has 0 aromatic carbocycles. The maximum Gasteiger partial charge on any atom is 0.315 e. The van der Waals surface area contributed by atoms with Gasteiger partial charge in [-0.2, -0.15) is 0 Å². The van der Waals surface area contributed by atoms with Crippen molar-refractivity contribution in [1.82, 2.24) is 16.0 Å². The first-order chi connectivity index (χ1) is 9.72. The number of aliphatic carboxylic acids is 1. The molecule has 0 aliphatic rings. The van der Waals surface area contributed by atoms with Gasteiger partial charge in [0, 0.05) is 25.6 Å². The van der Waals surface area contributed by atoms with Gasteiger partial charge < -0.3 is 21.1 Å². The molecule has 0 aliphatic carbocycles. The Balaban J connectivity index is 3.97. The van der Waals surface area contributed by atoms with Gasteiger partial charge in [0.1, 0.15) is 0 Å². The quantitative estimate of drug-likeness (QED) is 0.508. The lowest BCUT2D eigenvalue weighted by Gasteiger charge is -2.20. The van der Waals surface area contributed by atoms with Crippen molar-refractivity contribution >= 4 is 17.9 Å². The van der Waals surface area contributed by atoms with E-state index in [9.17, 15) is 14.4 Å². The molecule has 0 saturated heterocycles. The molecule has 21 heavy (non-hydrogen) atoms. The number of carboxylic acids is 1. The fourth-order valence-electron chi connectivity index (χ4n) is 1.56. The molecule has 0 aliphatic heterocycles. The van der Waals surface area contributed by atoms with Crippen LogP contribution in [0.15, 0.2) is 0 Å². The molecule has 0 heterocycles. The second-order valence-corrected chi connectivity index (χ2v) is 5.80. The van der Waals surface area contributed by atoms with E-state index in [1.807, 2.05) is 27.7 Å². The first kappa shape index (κ1) is 19.2. The maximum absolute atomic E-state index is 11.6. The Morgan fingerprint density at radius 3 is 2.14 bits per heavy atom. The lowest BCUT2D eigenvalue weighted by atomic mass is 10.0. The first-order valence-corrected chi connectivity index (χ1v) is 7.25. The van der Waals surface area contributed by atoms with Crippen molar-refractivity contribution in [3.8, 4) is 0 Å². The van der Waals surface area contributed by atoms with Crippen molar-refractivity contribution in [2.24, 2.45) is 11.8 Å². The van der Waals surface area contributed by atoms with E-state index in [4.69, 9.17) is 5.11 Å². The normalized spacial score (nSPS) is 12.1. The van der Waals surface area contributed by atoms with Gasteiger partial charge in [0.15, 0.2) is 0 Å². The maximum atomic E-state index is 11.6. The van der Waals surface area contributed by atoms with E-state index in [0.717, 1.165) is 0 Å². The summed E-state index contributed by atoms with van der Waals surface area (Å²) in [5.41, 5.74) is 0. The summed E-state index contributed by atoms with van der Waals surface area (Å²) in [6.45, 7) is 8.51. The number of amides is 3. The third-order valence-corrected chi connectivity index (χ3v) is 2.86. The van der Waals surface area contributed by atoms with E-state index >= 15 is 0 Å². The van der Waals surface area contributed by atoms with Crippen LogP contribution in [0, 0.1) is 11.8 Å². The Labute approximate surface area is 125 Å². The van der Waals surface area contributed by atoms with Crippen LogP contribution in [0.4, 0.5) is 4.79 Å². The zero-order valence-corrected chi connectivity index (χ0v) is 13.2. The van der Waals surface area contributed by atoms with Gasteiger partial charge in [0.2, 0.25) is 5.91 Å². The lowest BCUT2D eigenvalue weighted by Crippen LogP contribution is -2.46. The molecule has 1 unspecified atom stereocenters. The molecular formula is C14H27N3O4. The van der Waals surface area contributed by atoms with Gasteiger partial charge in [-0.25, -0.2) is 4.79 Å². The van der Waals surface area contributed by atoms with Gasteiger partial charge in [-0.3, -0.25) is 9.59 Å². The van der Waals surface area contributed by atoms with Gasteiger partial charge in [-0.05, 0) is 11.8 Å². The molecule has 122 valence electrons. The number of carboxylic acid groups (broad SMARTS) is 1. The molecule has 0 aromatic heterocycles. The molecule has 7 heteroatoms. The topological polar surface area (TPSA) is 108 Å². The Hall–Kier alpha value is -1.79. The molecule has 4 N–H and O–H groups in total. The SMILES string of the molecule is CC(C)CNC(=O)CCNC(=O)NC(CC(=O)O)C(C)C. The van der Waals surface area contributed by atoms with Crippen molar-refractivity contribution in [3.05, 3.63) is 0 Å². The van der Waals surface area contributed by atoms with E-state index in [2.05, 4.69) is 16.0 Å². The largest absolute Gasteiger partial charge is 0.481 e. The van der Waals surface area contributed by atoms with Gasteiger partial charge in [0.25, 0.3) is 0 Å². The number of hydrogen-bond acceptors (Lipinski definition) is 3. The number of nitrogens with one attached hydrogen (secondary N) is 3. The minimum atomic E-state index is -0.956. The van der Waals surface area contributed by atoms with Crippen LogP contribution in [-0.2, 0) is 9.59 Å². The predicted octanol–water partition coefficient (Wildman–Crippen LogP) is 0.947. The van der Waals surface area contributed by atoms with Crippen molar-refractivity contribution in [2.75, 3.05) is 13.1 Å². The molecule has 0 rings (SSSR count). The summed E-state index contributed by atoms with van der Waals surface area (Å²) in [5.74, 6) is -0.675. The summed E-state index contributed by atoms with van der Waals surface area (Å²) in [6, 6.07) is -0.885. The van der Waals surface area contributed by atoms with Crippen LogP contribution in [0.1, 0.15) is 40.5 Å². The monoisotopic (exact) mass is 301 g/mol. The highest BCUT2D eigenvalue weighted by atomic mass is 16.4. The molecule has 0 bridgehead atoms. The zero-order chi connectivity index (χ0) is 16.4. The van der Waals surface area contributed by atoms with Crippen LogP contribution in [0.2, 0.25) is 0 Å². The first-order valence-electron chi connectivity index (χ1n) is 7.25. The average molecular weight is 301 g/mol. The highest BCUT2D eigenvalue weighted by Crippen LogP contribution is 2.05. The van der Waals surface area contributed by atoms with E-state index in [1.165, 1.54) is 0 Å². The number of urea groups is 1. The van der Waals surface area contributed by atoms with Gasteiger partial charge in [-0.1, -0.05) is 27.7 Å². The summed E-state index contributed by atoms with van der Waals surface area (Å²) >= 11 is 0. The average Bonchev–Trinajstić information content (AvgIpc) is 2.34. The third-order valence-electron chi connectivity index (χ3n) is 2.86. The van der Waals surface area contributed by atoms with Crippen LogP contribution in [0.25, 0.3) is 0 Å². The van der Waals surface area contributed by atoms with E-state index in [0.29, 0.717) is 12.5 Å². The summed E-state index contributed by atoms with van der Waals surface area (Å²) in [4.78, 5) is 33.8. The Kier molecular flexibility index (Phi) is 9.16. The number of rotatable bonds is 9. The molecule has 0 aromatic rings. The van der Waals surface area contributed by atoms with Crippen LogP contribution in [0.3, 0.4) is 0 Å². The standard InChI is InChI=1S/C14H27N3O4/c1-9(2)8-16-12(18)5-6-15-14(21)17-11(10(3)4)7-13(19)20/h9-11H,5-8H2,1-4H3,(H,16,18)(H,19,20)(H2,15,17,21). The molecular weight excluding hydrogens is 274 g/mol. The van der Waals surface area contributed by atoms with Crippen LogP contribution < -0.4 is 16.0 Å². The summed E-state index contributed by atoms with van der Waals surface area (Å²) in [6.07, 6.45) is 0.0748. The summed E-state index contributed by atoms with van der Waals surface area (Å²) in [5, 5.41) is 16.7. The fourth-order valence-corrected chi connectivity index (χ4v) is 1.56. The highest BCUT2D eigenvalue weighted by molar-refractivity contribution is 5.78. The molecule has 7 nitrogen and oxygen atoms in total. The van der Waals surface area contributed by atoms with Crippen molar-refractivity contribution < 1.29 is 19.5 Å². The van der Waals surface area contributed by atoms with Gasteiger partial charge >= 0.3 is 12.0 Å². The molecule has 0 fully saturated rings. The highest BCUT2D eigenvalue weighted by Gasteiger charge is 2.19. The predicted molar refractivity (Wildman–Crippen MR) is 79.9 cm³/mol. The van der Waals surface area contributed by atoms with Gasteiger partial charge in [-0.15, -0.1) is 0 Å². The lowest BCUT2D eigenvalue weighted by molar-refractivity contribution is -0.137. The van der Waals surface area contributed by atoms with E-state index < -0.39 is 18.0 Å². The smallest absolute Gasteiger partial charge is 0.315 e. The Morgan fingerprint density at radius 2 is 1.67 bits per heavy atom. The second kappa shape index (κ2) is 10.0. The molecule has 0 radical (unpaired) electrons. The minimum absolute atomic E-state index is 0.0150. The van der Waals surface area contributed by atoms with E-state index in [-0.39, 0.29) is 31.2 Å². The fraction of sp³-hybridized carbons (Fsp3) is 0.786. The van der Waals surface area contributed by atoms with Crippen molar-refractivity contribution in [2.45, 2.75) is 46.6 Å². The number of carbonyl (C=O) groups excluding carboxylic acids is 2. The molecule has 1 atom stereocenters. The zero-order valence-electron chi connectivity index (χ0n) is 13.2. The molecule has 3 amide bonds. The molecule has 0 spiro atoms. The van der Waals surface area contributed by atoms with Crippen molar-refractivity contribution in [3.63, 3.8) is 0 Å². The summed E-state index contributed by atoms with van der Waals surface area (Å²) < 4.78 is 0. The summed E-state index contributed by atoms with van der Waals surface area (Å²) in [7, 11) is 0. The Morgan fingerprint density at radius 1 is 1.05 bits per heavy atom. The number of carbonyl (C=O) groups is 3. The van der Waals surface area contributed by atoms with E-state index in [1.54, 1.807) is 0 Å². The Bertz CT molecular complexity index is 356. The minimum Gasteiger partial charge on any atom is -0.481 e. The molecule has 0 saturated carbocycles. The van der Waals surface area contributed by atoms with Crippen LogP contribution in [-0.4, -0.2) is 42.1 Å². The van der Waals surface area contributed by atoms with Crippen molar-refractivity contribution in [1.29, 1.82) is 0 Å². The van der Waals surface area contributed by atoms with Crippen LogP contribution in [0.5, 0.6) is 0 Å². The second-order valence-electron chi connectivity index (χ2n) is 5.80. The van der Waals surface area contributed by atoms with Crippen LogP contribution >= 0.6 is 0 Å². The third kappa shape index (κ3) is 10.6.